The maximum absolute atomic E-state index is 11.8. The summed E-state index contributed by atoms with van der Waals surface area (Å²) in [5.74, 6) is 0.611. The van der Waals surface area contributed by atoms with Gasteiger partial charge >= 0.3 is 0 Å². The summed E-state index contributed by atoms with van der Waals surface area (Å²) in [7, 11) is 0. The first-order valence-electron chi connectivity index (χ1n) is 8.27. The SMILES string of the molecule is C/C=C1/CN2C3CC1[C@@H](C=O)[C@@H]2Cc1c3[nH]c2ccccc12. The average Bonchev–Trinajstić information content (AvgIpc) is 2.93. The molecule has 3 heteroatoms. The number of piperidine rings is 3. The summed E-state index contributed by atoms with van der Waals surface area (Å²) in [6, 6.07) is 9.44. The van der Waals surface area contributed by atoms with Crippen molar-refractivity contribution in [2.45, 2.75) is 31.8 Å². The van der Waals surface area contributed by atoms with Crippen LogP contribution in [0.1, 0.15) is 30.6 Å². The van der Waals surface area contributed by atoms with Crippen molar-refractivity contribution >= 4 is 17.2 Å². The Morgan fingerprint density at radius 2 is 2.18 bits per heavy atom. The van der Waals surface area contributed by atoms with Gasteiger partial charge in [0.2, 0.25) is 0 Å². The lowest BCUT2D eigenvalue weighted by atomic mass is 9.64. The predicted molar refractivity (Wildman–Crippen MR) is 86.7 cm³/mol. The van der Waals surface area contributed by atoms with Gasteiger partial charge in [-0.15, -0.1) is 0 Å². The first kappa shape index (κ1) is 12.7. The van der Waals surface area contributed by atoms with E-state index in [9.17, 15) is 4.79 Å². The zero-order chi connectivity index (χ0) is 14.8. The Morgan fingerprint density at radius 3 is 3.00 bits per heavy atom. The van der Waals surface area contributed by atoms with E-state index in [4.69, 9.17) is 0 Å². The van der Waals surface area contributed by atoms with Crippen LogP contribution in [0.3, 0.4) is 0 Å². The lowest BCUT2D eigenvalue weighted by Crippen LogP contribution is -2.60. The Labute approximate surface area is 130 Å². The number of carbonyl (C=O) groups is 1. The quantitative estimate of drug-likeness (QED) is 0.647. The van der Waals surface area contributed by atoms with Crippen molar-refractivity contribution in [3.63, 3.8) is 0 Å². The molecule has 2 aromatic rings. The molecule has 6 rings (SSSR count). The van der Waals surface area contributed by atoms with Crippen LogP contribution in [-0.2, 0) is 11.2 Å². The molecule has 1 N–H and O–H groups in total. The van der Waals surface area contributed by atoms with E-state index >= 15 is 0 Å². The molecule has 3 saturated heterocycles. The van der Waals surface area contributed by atoms with E-state index in [0.29, 0.717) is 18.0 Å². The van der Waals surface area contributed by atoms with Gasteiger partial charge < -0.3 is 9.78 Å². The molecule has 4 aliphatic heterocycles. The highest BCUT2D eigenvalue weighted by atomic mass is 16.1. The van der Waals surface area contributed by atoms with E-state index in [1.165, 1.54) is 34.0 Å². The van der Waals surface area contributed by atoms with E-state index < -0.39 is 0 Å². The summed E-state index contributed by atoms with van der Waals surface area (Å²) in [6.45, 7) is 3.15. The molecule has 5 atom stereocenters. The Morgan fingerprint density at radius 1 is 1.32 bits per heavy atom. The number of nitrogens with one attached hydrogen (secondary N) is 1. The highest BCUT2D eigenvalue weighted by Crippen LogP contribution is 2.53. The highest BCUT2D eigenvalue weighted by Gasteiger charge is 2.52. The van der Waals surface area contributed by atoms with Crippen molar-refractivity contribution in [2.75, 3.05) is 6.54 Å². The largest absolute Gasteiger partial charge is 0.357 e. The summed E-state index contributed by atoms with van der Waals surface area (Å²) in [5, 5.41) is 1.35. The van der Waals surface area contributed by atoms with Gasteiger partial charge in [-0.2, -0.15) is 0 Å². The molecule has 0 radical (unpaired) electrons. The number of aldehydes is 1. The van der Waals surface area contributed by atoms with Gasteiger partial charge in [0.25, 0.3) is 0 Å². The third-order valence-corrected chi connectivity index (χ3v) is 6.17. The van der Waals surface area contributed by atoms with Crippen LogP contribution >= 0.6 is 0 Å². The minimum absolute atomic E-state index is 0.165. The lowest BCUT2D eigenvalue weighted by molar-refractivity contribution is -0.121. The number of para-hydroxylation sites is 1. The number of H-pyrrole nitrogens is 1. The molecule has 3 fully saturated rings. The molecular weight excluding hydrogens is 272 g/mol. The van der Waals surface area contributed by atoms with Crippen LogP contribution in [0, 0.1) is 11.8 Å². The Balaban J connectivity index is 1.70. The fourth-order valence-corrected chi connectivity index (χ4v) is 5.17. The fourth-order valence-electron chi connectivity index (χ4n) is 5.17. The van der Waals surface area contributed by atoms with Crippen molar-refractivity contribution < 1.29 is 4.79 Å². The van der Waals surface area contributed by atoms with Crippen molar-refractivity contribution in [1.29, 1.82) is 0 Å². The predicted octanol–water partition coefficient (Wildman–Crippen LogP) is 3.23. The van der Waals surface area contributed by atoms with Crippen LogP contribution in [0.4, 0.5) is 0 Å². The van der Waals surface area contributed by atoms with Gasteiger partial charge in [0.1, 0.15) is 6.29 Å². The smallest absolute Gasteiger partial charge is 0.125 e. The van der Waals surface area contributed by atoms with E-state index in [2.05, 4.69) is 47.1 Å². The zero-order valence-electron chi connectivity index (χ0n) is 12.8. The van der Waals surface area contributed by atoms with Crippen LogP contribution < -0.4 is 0 Å². The summed E-state index contributed by atoms with van der Waals surface area (Å²) in [6.07, 6.45) is 5.54. The van der Waals surface area contributed by atoms with Gasteiger partial charge in [0, 0.05) is 35.1 Å². The van der Waals surface area contributed by atoms with Gasteiger partial charge in [-0.3, -0.25) is 4.90 Å². The molecule has 0 saturated carbocycles. The van der Waals surface area contributed by atoms with E-state index in [-0.39, 0.29) is 5.92 Å². The number of benzene rings is 1. The standard InChI is InChI=1S/C19H20N2O/c1-2-11-9-21-17-8-14-12-5-3-4-6-16(12)20-19(14)18(21)7-13(11)15(17)10-22/h2-6,10,13,15,17-18,20H,7-9H2,1H3/b11-2-/t13?,15-,17+,18?/m1/s1. The summed E-state index contributed by atoms with van der Waals surface area (Å²) < 4.78 is 0. The van der Waals surface area contributed by atoms with Crippen LogP contribution in [-0.4, -0.2) is 28.8 Å². The number of allylic oxidation sites excluding steroid dienone is 1. The number of fused-ring (bicyclic) bond motifs is 4. The van der Waals surface area contributed by atoms with E-state index in [0.717, 1.165) is 19.4 Å². The van der Waals surface area contributed by atoms with Gasteiger partial charge in [-0.1, -0.05) is 29.8 Å². The second kappa shape index (κ2) is 4.32. The highest BCUT2D eigenvalue weighted by molar-refractivity contribution is 5.85. The third-order valence-electron chi connectivity index (χ3n) is 6.17. The molecule has 4 aliphatic rings. The van der Waals surface area contributed by atoms with Crippen LogP contribution in [0.5, 0.6) is 0 Å². The average molecular weight is 292 g/mol. The monoisotopic (exact) mass is 292 g/mol. The molecular formula is C19H20N2O. The molecule has 112 valence electrons. The molecule has 22 heavy (non-hydrogen) atoms. The van der Waals surface area contributed by atoms with Gasteiger partial charge in [-0.25, -0.2) is 0 Å². The second-order valence-electron chi connectivity index (χ2n) is 6.94. The molecule has 0 spiro atoms. The first-order valence-corrected chi connectivity index (χ1v) is 8.27. The Kier molecular flexibility index (Phi) is 2.49. The van der Waals surface area contributed by atoms with Crippen molar-refractivity contribution in [3.8, 4) is 0 Å². The molecule has 5 heterocycles. The number of rotatable bonds is 1. The maximum Gasteiger partial charge on any atom is 0.125 e. The molecule has 0 amide bonds. The van der Waals surface area contributed by atoms with Crippen LogP contribution in [0.25, 0.3) is 10.9 Å². The summed E-state index contributed by atoms with van der Waals surface area (Å²) >= 11 is 0. The van der Waals surface area contributed by atoms with Crippen molar-refractivity contribution in [1.82, 2.24) is 9.88 Å². The second-order valence-corrected chi connectivity index (χ2v) is 6.94. The number of aromatic nitrogens is 1. The summed E-state index contributed by atoms with van der Waals surface area (Å²) in [4.78, 5) is 18.0. The van der Waals surface area contributed by atoms with E-state index in [1.54, 1.807) is 0 Å². The molecule has 1 aromatic heterocycles. The topological polar surface area (TPSA) is 36.1 Å². The minimum atomic E-state index is 0.165. The third kappa shape index (κ3) is 1.42. The molecule has 1 aromatic carbocycles. The molecule has 0 aliphatic carbocycles. The fraction of sp³-hybridized carbons (Fsp3) is 0.421. The minimum Gasteiger partial charge on any atom is -0.357 e. The van der Waals surface area contributed by atoms with Gasteiger partial charge in [-0.05, 0) is 37.3 Å². The zero-order valence-corrected chi connectivity index (χ0v) is 12.8. The number of nitrogens with zero attached hydrogens (tertiary/aromatic N) is 1. The number of carbonyl (C=O) groups excluding carboxylic acids is 1. The molecule has 4 bridgehead atoms. The Hall–Kier alpha value is -1.87. The molecule has 3 nitrogen and oxygen atoms in total. The lowest BCUT2D eigenvalue weighted by Gasteiger charge is -2.57. The van der Waals surface area contributed by atoms with Crippen LogP contribution in [0.2, 0.25) is 0 Å². The Bertz CT molecular complexity index is 803. The van der Waals surface area contributed by atoms with Gasteiger partial charge in [0.05, 0.1) is 6.04 Å². The van der Waals surface area contributed by atoms with Gasteiger partial charge in [0.15, 0.2) is 0 Å². The first-order chi connectivity index (χ1) is 10.8. The van der Waals surface area contributed by atoms with Crippen molar-refractivity contribution in [3.05, 3.63) is 47.2 Å². The molecule has 3 unspecified atom stereocenters. The van der Waals surface area contributed by atoms with Crippen LogP contribution in [0.15, 0.2) is 35.9 Å². The number of aromatic amines is 1. The number of hydrogen-bond donors (Lipinski definition) is 1. The number of hydrogen-bond acceptors (Lipinski definition) is 2. The normalized spacial score (nSPS) is 37.5. The van der Waals surface area contributed by atoms with Crippen molar-refractivity contribution in [2.24, 2.45) is 11.8 Å². The summed E-state index contributed by atoms with van der Waals surface area (Å²) in [5.41, 5.74) is 5.56. The maximum atomic E-state index is 11.8. The van der Waals surface area contributed by atoms with E-state index in [1.807, 2.05) is 0 Å².